The lowest BCUT2D eigenvalue weighted by Crippen LogP contribution is -2.54. The van der Waals surface area contributed by atoms with Crippen molar-refractivity contribution in [1.29, 1.82) is 0 Å². The van der Waals surface area contributed by atoms with Gasteiger partial charge in [0.2, 0.25) is 0 Å². The van der Waals surface area contributed by atoms with Crippen molar-refractivity contribution in [3.8, 4) is 0 Å². The summed E-state index contributed by atoms with van der Waals surface area (Å²) in [4.78, 5) is 29.1. The molecule has 0 bridgehead atoms. The molecule has 1 aliphatic heterocycles. The van der Waals surface area contributed by atoms with Crippen LogP contribution in [0.25, 0.3) is 0 Å². The van der Waals surface area contributed by atoms with E-state index in [9.17, 15) is 4.79 Å². The van der Waals surface area contributed by atoms with Gasteiger partial charge in [0, 0.05) is 61.3 Å². The summed E-state index contributed by atoms with van der Waals surface area (Å²) < 4.78 is 5.56. The van der Waals surface area contributed by atoms with Crippen molar-refractivity contribution >= 4 is 11.8 Å². The number of hydrogen-bond donors (Lipinski definition) is 0. The predicted molar refractivity (Wildman–Crippen MR) is 155 cm³/mol. The smallest absolute Gasteiger partial charge is 0.410 e. The number of aliphatic imine (C=N–C) groups is 1. The van der Waals surface area contributed by atoms with Crippen molar-refractivity contribution < 1.29 is 9.53 Å². The van der Waals surface area contributed by atoms with E-state index >= 15 is 0 Å². The minimum absolute atomic E-state index is 0.0861. The van der Waals surface area contributed by atoms with Crippen molar-refractivity contribution in [2.24, 2.45) is 4.99 Å². The molecule has 1 aromatic heterocycles. The van der Waals surface area contributed by atoms with Crippen molar-refractivity contribution in [2.75, 3.05) is 19.6 Å². The highest BCUT2D eigenvalue weighted by molar-refractivity contribution is 6.02. The minimum atomic E-state index is -0.473. The summed E-state index contributed by atoms with van der Waals surface area (Å²) in [5, 5.41) is 0. The van der Waals surface area contributed by atoms with Crippen LogP contribution in [0.15, 0.2) is 58.9 Å². The first kappa shape index (κ1) is 32.1. The third-order valence-electron chi connectivity index (χ3n) is 6.04. The van der Waals surface area contributed by atoms with Gasteiger partial charge in [-0.1, -0.05) is 32.4 Å². The van der Waals surface area contributed by atoms with E-state index in [0.717, 1.165) is 38.1 Å². The highest BCUT2D eigenvalue weighted by Gasteiger charge is 2.31. The Labute approximate surface area is 225 Å². The fourth-order valence-corrected chi connectivity index (χ4v) is 4.07. The van der Waals surface area contributed by atoms with Crippen LogP contribution in [0.2, 0.25) is 0 Å². The SMILES string of the molecule is CCCc1cncnc1.C\C=C(C)/C(C(/C)=N/C=C/CC)=C(/C)N1CCN(C(=O)OC(C)(C)C)C(C)C1. The number of ether oxygens (including phenoxy) is 1. The summed E-state index contributed by atoms with van der Waals surface area (Å²) in [5.74, 6) is 0. The molecule has 1 saturated heterocycles. The molecule has 1 aromatic rings. The molecule has 0 aliphatic carbocycles. The fourth-order valence-electron chi connectivity index (χ4n) is 4.07. The van der Waals surface area contributed by atoms with Gasteiger partial charge in [-0.3, -0.25) is 4.99 Å². The molecule has 7 nitrogen and oxygen atoms in total. The number of rotatable bonds is 7. The quantitative estimate of drug-likeness (QED) is 0.292. The van der Waals surface area contributed by atoms with Crippen LogP contribution in [0.5, 0.6) is 0 Å². The molecule has 37 heavy (non-hydrogen) atoms. The van der Waals surface area contributed by atoms with E-state index in [1.54, 1.807) is 6.33 Å². The maximum atomic E-state index is 12.5. The number of carbonyl (C=O) groups is 1. The number of hydrogen-bond acceptors (Lipinski definition) is 6. The Morgan fingerprint density at radius 3 is 2.32 bits per heavy atom. The summed E-state index contributed by atoms with van der Waals surface area (Å²) >= 11 is 0. The Kier molecular flexibility index (Phi) is 13.9. The zero-order valence-electron chi connectivity index (χ0n) is 24.8. The lowest BCUT2D eigenvalue weighted by Gasteiger charge is -2.42. The topological polar surface area (TPSA) is 70.9 Å². The summed E-state index contributed by atoms with van der Waals surface area (Å²) in [6, 6.07) is 0.0861. The van der Waals surface area contributed by atoms with Gasteiger partial charge in [-0.2, -0.15) is 0 Å². The molecule has 0 aromatic carbocycles. The van der Waals surface area contributed by atoms with E-state index in [0.29, 0.717) is 6.54 Å². The highest BCUT2D eigenvalue weighted by atomic mass is 16.6. The molecule has 2 heterocycles. The van der Waals surface area contributed by atoms with Crippen molar-refractivity contribution in [3.63, 3.8) is 0 Å². The Morgan fingerprint density at radius 1 is 1.16 bits per heavy atom. The van der Waals surface area contributed by atoms with Gasteiger partial charge in [0.25, 0.3) is 0 Å². The van der Waals surface area contributed by atoms with E-state index in [-0.39, 0.29) is 12.1 Å². The average molecular weight is 512 g/mol. The van der Waals surface area contributed by atoms with E-state index in [1.807, 2.05) is 44.3 Å². The number of piperazine rings is 1. The molecule has 1 aliphatic rings. The maximum Gasteiger partial charge on any atom is 0.410 e. The summed E-state index contributed by atoms with van der Waals surface area (Å²) in [6.07, 6.45) is 14.3. The van der Waals surface area contributed by atoms with Gasteiger partial charge in [-0.25, -0.2) is 14.8 Å². The van der Waals surface area contributed by atoms with Crippen LogP contribution in [-0.4, -0.2) is 62.8 Å². The Hall–Kier alpha value is -2.96. The Bertz CT molecular complexity index is 958. The van der Waals surface area contributed by atoms with Crippen LogP contribution in [0.4, 0.5) is 4.79 Å². The van der Waals surface area contributed by atoms with Crippen LogP contribution in [0.1, 0.15) is 87.6 Å². The lowest BCUT2D eigenvalue weighted by atomic mass is 9.99. The van der Waals surface area contributed by atoms with Gasteiger partial charge >= 0.3 is 6.09 Å². The predicted octanol–water partition coefficient (Wildman–Crippen LogP) is 6.98. The van der Waals surface area contributed by atoms with Crippen molar-refractivity contribution in [1.82, 2.24) is 19.8 Å². The Morgan fingerprint density at radius 2 is 1.81 bits per heavy atom. The van der Waals surface area contributed by atoms with E-state index < -0.39 is 5.60 Å². The molecule has 2 rings (SSSR count). The third-order valence-corrected chi connectivity index (χ3v) is 6.04. The zero-order valence-corrected chi connectivity index (χ0v) is 24.8. The number of amides is 1. The van der Waals surface area contributed by atoms with Crippen LogP contribution < -0.4 is 0 Å². The molecule has 0 saturated carbocycles. The second kappa shape index (κ2) is 16.0. The zero-order chi connectivity index (χ0) is 28.0. The third kappa shape index (κ3) is 11.3. The molecular formula is C30H49N5O2. The summed E-state index contributed by atoms with van der Waals surface area (Å²) in [5.41, 5.74) is 5.36. The first-order chi connectivity index (χ1) is 17.4. The number of nitrogens with zero attached hydrogens (tertiary/aromatic N) is 5. The summed E-state index contributed by atoms with van der Waals surface area (Å²) in [6.45, 7) is 22.7. The van der Waals surface area contributed by atoms with Gasteiger partial charge in [-0.05, 0) is 79.4 Å². The average Bonchev–Trinajstić information content (AvgIpc) is 2.84. The van der Waals surface area contributed by atoms with Crippen LogP contribution >= 0.6 is 0 Å². The van der Waals surface area contributed by atoms with Gasteiger partial charge < -0.3 is 14.5 Å². The van der Waals surface area contributed by atoms with Gasteiger partial charge in [0.15, 0.2) is 0 Å². The molecule has 7 heteroatoms. The molecule has 1 atom stereocenters. The van der Waals surface area contributed by atoms with Gasteiger partial charge in [0.05, 0.1) is 0 Å². The van der Waals surface area contributed by atoms with E-state index in [4.69, 9.17) is 4.74 Å². The second-order valence-corrected chi connectivity index (χ2v) is 10.4. The van der Waals surface area contributed by atoms with Crippen molar-refractivity contribution in [3.05, 3.63) is 59.5 Å². The van der Waals surface area contributed by atoms with Crippen LogP contribution in [0, 0.1) is 0 Å². The van der Waals surface area contributed by atoms with E-state index in [1.165, 1.54) is 22.4 Å². The molecular weight excluding hydrogens is 462 g/mol. The number of aromatic nitrogens is 2. The van der Waals surface area contributed by atoms with Crippen LogP contribution in [0.3, 0.4) is 0 Å². The molecule has 0 radical (unpaired) electrons. The molecule has 1 fully saturated rings. The number of carbonyl (C=O) groups excluding carboxylic acids is 1. The molecule has 0 N–H and O–H groups in total. The van der Waals surface area contributed by atoms with Gasteiger partial charge in [0.1, 0.15) is 11.9 Å². The lowest BCUT2D eigenvalue weighted by molar-refractivity contribution is 0.00494. The largest absolute Gasteiger partial charge is 0.444 e. The van der Waals surface area contributed by atoms with Crippen LogP contribution in [-0.2, 0) is 11.2 Å². The Balaban J connectivity index is 0.000000635. The normalized spacial score (nSPS) is 17.8. The van der Waals surface area contributed by atoms with Crippen molar-refractivity contribution in [2.45, 2.75) is 100 Å². The first-order valence-corrected chi connectivity index (χ1v) is 13.5. The number of aryl methyl sites for hydroxylation is 1. The molecule has 206 valence electrons. The first-order valence-electron chi connectivity index (χ1n) is 13.5. The monoisotopic (exact) mass is 511 g/mol. The molecule has 1 unspecified atom stereocenters. The summed E-state index contributed by atoms with van der Waals surface area (Å²) in [7, 11) is 0. The molecule has 0 spiro atoms. The van der Waals surface area contributed by atoms with Gasteiger partial charge in [-0.15, -0.1) is 0 Å². The maximum absolute atomic E-state index is 12.5. The number of allylic oxidation sites excluding steroid dienone is 5. The minimum Gasteiger partial charge on any atom is -0.444 e. The van der Waals surface area contributed by atoms with E-state index in [2.05, 4.69) is 80.5 Å². The standard InChI is InChI=1S/C23H39N3O2.C7H10N2/c1-10-12-13-24-19(5)21(17(3)11-2)20(6)25-14-15-26(18(4)16-25)22(27)28-23(7,8)9;1-2-3-7-4-8-6-9-5-7/h11-13,18H,10,14-16H2,1-9H3;4-6H,2-3H2,1H3/b13-12+,17-11-,21-20+,24-19+;. The fraction of sp³-hybridized carbons (Fsp3) is 0.600. The molecule has 1 amide bonds. The highest BCUT2D eigenvalue weighted by Crippen LogP contribution is 2.24. The second-order valence-electron chi connectivity index (χ2n) is 10.4.